The highest BCUT2D eigenvalue weighted by molar-refractivity contribution is 8.00. The lowest BCUT2D eigenvalue weighted by atomic mass is 9.96. The molecule has 6 nitrogen and oxygen atoms in total. The minimum atomic E-state index is -0.500. The van der Waals surface area contributed by atoms with Crippen LogP contribution in [0.25, 0.3) is 22.4 Å². The average Bonchev–Trinajstić information content (AvgIpc) is 2.89. The predicted molar refractivity (Wildman–Crippen MR) is 139 cm³/mol. The number of amides is 1. The number of nitrogens with zero attached hydrogens (tertiary/aromatic N) is 2. The van der Waals surface area contributed by atoms with E-state index >= 15 is 0 Å². The summed E-state index contributed by atoms with van der Waals surface area (Å²) in [6.07, 6.45) is 0. The van der Waals surface area contributed by atoms with Crippen molar-refractivity contribution in [1.29, 1.82) is 0 Å². The van der Waals surface area contributed by atoms with E-state index < -0.39 is 5.97 Å². The van der Waals surface area contributed by atoms with E-state index in [2.05, 4.69) is 15.5 Å². The molecule has 4 rings (SSSR count). The van der Waals surface area contributed by atoms with Gasteiger partial charge in [-0.1, -0.05) is 90.1 Å². The fraction of sp³-hybridized carbons (Fsp3) is 0.143. The molecule has 0 spiro atoms. The van der Waals surface area contributed by atoms with Gasteiger partial charge in [-0.3, -0.25) is 4.79 Å². The van der Waals surface area contributed by atoms with E-state index in [0.717, 1.165) is 28.5 Å². The highest BCUT2D eigenvalue weighted by atomic mass is 32.2. The van der Waals surface area contributed by atoms with Crippen LogP contribution in [-0.4, -0.2) is 34.4 Å². The fourth-order valence-electron chi connectivity index (χ4n) is 3.57. The maximum atomic E-state index is 13.2. The van der Waals surface area contributed by atoms with Gasteiger partial charge < -0.3 is 10.1 Å². The van der Waals surface area contributed by atoms with Gasteiger partial charge in [-0.25, -0.2) is 4.79 Å². The van der Waals surface area contributed by atoms with Gasteiger partial charge in [-0.2, -0.15) is 0 Å². The van der Waals surface area contributed by atoms with Crippen molar-refractivity contribution >= 4 is 29.3 Å². The number of rotatable bonds is 8. The molecule has 0 unspecified atom stereocenters. The molecule has 1 aromatic heterocycles. The van der Waals surface area contributed by atoms with Gasteiger partial charge in [0.1, 0.15) is 16.3 Å². The summed E-state index contributed by atoms with van der Waals surface area (Å²) in [7, 11) is 0. The van der Waals surface area contributed by atoms with Crippen LogP contribution in [0.4, 0.5) is 5.69 Å². The van der Waals surface area contributed by atoms with Crippen LogP contribution in [0.3, 0.4) is 0 Å². The molecule has 0 aliphatic heterocycles. The number of anilines is 1. The van der Waals surface area contributed by atoms with Crippen molar-refractivity contribution in [3.05, 3.63) is 96.1 Å². The molecule has 35 heavy (non-hydrogen) atoms. The maximum absolute atomic E-state index is 13.2. The molecule has 1 N–H and O–H groups in total. The van der Waals surface area contributed by atoms with Gasteiger partial charge in [0, 0.05) is 16.8 Å². The Morgan fingerprint density at radius 3 is 2.11 bits per heavy atom. The standard InChI is InChI=1S/C28H25N3O3S/c1-3-34-28(33)25-24(20-10-6-4-7-11-20)26(21-12-8-5-9-13-21)30-31-27(25)35-18-23(32)29-22-16-14-19(2)15-17-22/h4-17H,3,18H2,1-2H3,(H,29,32). The maximum Gasteiger partial charge on any atom is 0.341 e. The molecule has 4 aromatic rings. The van der Waals surface area contributed by atoms with Gasteiger partial charge in [-0.15, -0.1) is 10.2 Å². The number of benzene rings is 3. The smallest absolute Gasteiger partial charge is 0.341 e. The Hall–Kier alpha value is -3.97. The zero-order valence-corrected chi connectivity index (χ0v) is 20.3. The van der Waals surface area contributed by atoms with Crippen molar-refractivity contribution in [1.82, 2.24) is 10.2 Å². The largest absolute Gasteiger partial charge is 0.462 e. The molecule has 1 amide bonds. The van der Waals surface area contributed by atoms with Crippen molar-refractivity contribution in [2.75, 3.05) is 17.7 Å². The second-order valence-corrected chi connectivity index (χ2v) is 8.72. The SMILES string of the molecule is CCOC(=O)c1c(SCC(=O)Nc2ccc(C)cc2)nnc(-c2ccccc2)c1-c1ccccc1. The molecular formula is C28H25N3O3S. The second kappa shape index (κ2) is 11.4. The van der Waals surface area contributed by atoms with Gasteiger partial charge in [0.15, 0.2) is 0 Å². The van der Waals surface area contributed by atoms with Crippen LogP contribution in [0.1, 0.15) is 22.8 Å². The monoisotopic (exact) mass is 483 g/mol. The molecule has 0 bridgehead atoms. The van der Waals surface area contributed by atoms with Crippen LogP contribution in [0.15, 0.2) is 90.0 Å². The van der Waals surface area contributed by atoms with Gasteiger partial charge >= 0.3 is 5.97 Å². The summed E-state index contributed by atoms with van der Waals surface area (Å²) in [4.78, 5) is 25.8. The molecule has 1 heterocycles. The summed E-state index contributed by atoms with van der Waals surface area (Å²) in [5, 5.41) is 12.1. The van der Waals surface area contributed by atoms with Crippen molar-refractivity contribution in [2.24, 2.45) is 0 Å². The number of hydrogen-bond acceptors (Lipinski definition) is 6. The molecule has 176 valence electrons. The lowest BCUT2D eigenvalue weighted by Gasteiger charge is -2.16. The molecule has 7 heteroatoms. The Bertz CT molecular complexity index is 1310. The highest BCUT2D eigenvalue weighted by Gasteiger charge is 2.26. The number of thioether (sulfide) groups is 1. The summed E-state index contributed by atoms with van der Waals surface area (Å²) in [5.74, 6) is -0.642. The number of hydrogen-bond donors (Lipinski definition) is 1. The number of nitrogens with one attached hydrogen (secondary N) is 1. The van der Waals surface area contributed by atoms with Crippen molar-refractivity contribution in [3.63, 3.8) is 0 Å². The number of ether oxygens (including phenoxy) is 1. The quantitative estimate of drug-likeness (QED) is 0.244. The van der Waals surface area contributed by atoms with Gasteiger partial charge in [0.25, 0.3) is 0 Å². The summed E-state index contributed by atoms with van der Waals surface area (Å²) in [6.45, 7) is 3.96. The highest BCUT2D eigenvalue weighted by Crippen LogP contribution is 2.37. The first-order valence-electron chi connectivity index (χ1n) is 11.2. The molecule has 0 saturated heterocycles. The van der Waals surface area contributed by atoms with Crippen molar-refractivity contribution in [2.45, 2.75) is 18.9 Å². The first kappa shape index (κ1) is 24.2. The van der Waals surface area contributed by atoms with Crippen molar-refractivity contribution in [3.8, 4) is 22.4 Å². The number of aryl methyl sites for hydroxylation is 1. The third-order valence-corrected chi connectivity index (χ3v) is 6.17. The summed E-state index contributed by atoms with van der Waals surface area (Å²) >= 11 is 1.16. The molecule has 0 fully saturated rings. The minimum absolute atomic E-state index is 0.0634. The van der Waals surface area contributed by atoms with E-state index in [0.29, 0.717) is 27.5 Å². The first-order valence-corrected chi connectivity index (χ1v) is 12.2. The molecule has 0 aliphatic rings. The van der Waals surface area contributed by atoms with Crippen LogP contribution >= 0.6 is 11.8 Å². The van der Waals surface area contributed by atoms with E-state index in [4.69, 9.17) is 4.74 Å². The summed E-state index contributed by atoms with van der Waals surface area (Å²) in [5.41, 5.74) is 4.98. The van der Waals surface area contributed by atoms with E-state index in [1.165, 1.54) is 0 Å². The average molecular weight is 484 g/mol. The third kappa shape index (κ3) is 5.94. The first-order chi connectivity index (χ1) is 17.1. The molecule has 0 radical (unpaired) electrons. The second-order valence-electron chi connectivity index (χ2n) is 7.76. The lowest BCUT2D eigenvalue weighted by molar-refractivity contribution is -0.113. The normalized spacial score (nSPS) is 10.6. The fourth-order valence-corrected chi connectivity index (χ4v) is 4.33. The van der Waals surface area contributed by atoms with Crippen molar-refractivity contribution < 1.29 is 14.3 Å². The molecule has 0 atom stereocenters. The van der Waals surface area contributed by atoms with Crippen LogP contribution in [0.5, 0.6) is 0 Å². The zero-order valence-electron chi connectivity index (χ0n) is 19.5. The van der Waals surface area contributed by atoms with E-state index in [9.17, 15) is 9.59 Å². The minimum Gasteiger partial charge on any atom is -0.462 e. The molecule has 0 saturated carbocycles. The number of aromatic nitrogens is 2. The number of carbonyl (C=O) groups is 2. The predicted octanol–water partition coefficient (Wildman–Crippen LogP) is 6.03. The number of carbonyl (C=O) groups excluding carboxylic acids is 2. The van der Waals surface area contributed by atoms with Gasteiger partial charge in [0.2, 0.25) is 5.91 Å². The van der Waals surface area contributed by atoms with E-state index in [1.54, 1.807) is 6.92 Å². The molecule has 3 aromatic carbocycles. The topological polar surface area (TPSA) is 81.2 Å². The summed E-state index contributed by atoms with van der Waals surface area (Å²) < 4.78 is 5.41. The van der Waals surface area contributed by atoms with Crippen LogP contribution in [-0.2, 0) is 9.53 Å². The third-order valence-electron chi connectivity index (χ3n) is 5.21. The van der Waals surface area contributed by atoms with Gasteiger partial charge in [0.05, 0.1) is 12.4 Å². The Labute approximate surface area is 208 Å². The summed E-state index contributed by atoms with van der Waals surface area (Å²) in [6, 6.07) is 26.7. The van der Waals surface area contributed by atoms with E-state index in [-0.39, 0.29) is 18.3 Å². The Morgan fingerprint density at radius 2 is 1.49 bits per heavy atom. The van der Waals surface area contributed by atoms with Crippen LogP contribution in [0, 0.1) is 6.92 Å². The van der Waals surface area contributed by atoms with Crippen LogP contribution < -0.4 is 5.32 Å². The zero-order chi connectivity index (χ0) is 24.6. The van der Waals surface area contributed by atoms with E-state index in [1.807, 2.05) is 91.9 Å². The lowest BCUT2D eigenvalue weighted by Crippen LogP contribution is -2.16. The molecular weight excluding hydrogens is 458 g/mol. The van der Waals surface area contributed by atoms with Crippen LogP contribution in [0.2, 0.25) is 0 Å². The molecule has 0 aliphatic carbocycles. The Kier molecular flexibility index (Phi) is 7.90. The Morgan fingerprint density at radius 1 is 0.857 bits per heavy atom. The number of esters is 1. The van der Waals surface area contributed by atoms with Gasteiger partial charge in [-0.05, 0) is 31.5 Å². The Balaban J connectivity index is 1.73.